The molecule has 0 amide bonds. The van der Waals surface area contributed by atoms with Crippen LogP contribution in [0.4, 0.5) is 14.5 Å². The third kappa shape index (κ3) is 4.53. The van der Waals surface area contributed by atoms with Gasteiger partial charge in [0.25, 0.3) is 6.43 Å². The van der Waals surface area contributed by atoms with E-state index in [2.05, 4.69) is 26.5 Å². The molecule has 1 aromatic carbocycles. The topological polar surface area (TPSA) is 81.2 Å². The van der Waals surface area contributed by atoms with Crippen LogP contribution in [0.3, 0.4) is 0 Å². The van der Waals surface area contributed by atoms with E-state index in [9.17, 15) is 8.78 Å². The maximum Gasteiger partial charge on any atom is 0.272 e. The van der Waals surface area contributed by atoms with Crippen LogP contribution in [0.2, 0.25) is 0 Å². The van der Waals surface area contributed by atoms with E-state index in [4.69, 9.17) is 15.3 Å². The average Bonchev–Trinajstić information content (AvgIpc) is 2.40. The van der Waals surface area contributed by atoms with E-state index in [1.807, 2.05) is 0 Å². The van der Waals surface area contributed by atoms with Crippen molar-refractivity contribution in [3.05, 3.63) is 22.7 Å². The molecule has 0 atom stereocenters. The third-order valence-corrected chi connectivity index (χ3v) is 2.65. The number of hydrogen-bond donors (Lipinski definition) is 1. The lowest BCUT2D eigenvalue weighted by Gasteiger charge is -2.10. The molecule has 5 nitrogen and oxygen atoms in total. The molecular formula is C11H7BrF2N4O. The number of halogens is 3. The summed E-state index contributed by atoms with van der Waals surface area (Å²) in [6.45, 7) is -0.729. The summed E-state index contributed by atoms with van der Waals surface area (Å²) in [6.07, 6.45) is -2.58. The molecule has 0 radical (unpaired) electrons. The smallest absolute Gasteiger partial charge is 0.272 e. The van der Waals surface area contributed by atoms with Gasteiger partial charge in [-0.1, -0.05) is 6.07 Å². The minimum Gasteiger partial charge on any atom is -0.486 e. The Labute approximate surface area is 116 Å². The second kappa shape index (κ2) is 7.29. The summed E-state index contributed by atoms with van der Waals surface area (Å²) in [6, 6.07) is 7.79. The zero-order valence-electron chi connectivity index (χ0n) is 9.40. The predicted molar refractivity (Wildman–Crippen MR) is 67.9 cm³/mol. The number of nitrogens with zero attached hydrogens (tertiary/aromatic N) is 3. The minimum absolute atomic E-state index is 0.205. The van der Waals surface area contributed by atoms with E-state index < -0.39 is 13.0 Å². The van der Waals surface area contributed by atoms with Crippen molar-refractivity contribution < 1.29 is 13.5 Å². The van der Waals surface area contributed by atoms with Gasteiger partial charge in [-0.3, -0.25) is 5.43 Å². The van der Waals surface area contributed by atoms with Crippen LogP contribution in [-0.4, -0.2) is 18.7 Å². The molecule has 0 heterocycles. The molecule has 0 bridgehead atoms. The van der Waals surface area contributed by atoms with Crippen LogP contribution in [0.15, 0.2) is 27.8 Å². The average molecular weight is 329 g/mol. The number of anilines is 1. The van der Waals surface area contributed by atoms with Crippen molar-refractivity contribution in [1.82, 2.24) is 0 Å². The molecule has 0 aliphatic carbocycles. The second-order valence-electron chi connectivity index (χ2n) is 3.12. The van der Waals surface area contributed by atoms with E-state index in [1.165, 1.54) is 6.07 Å². The highest BCUT2D eigenvalue weighted by Gasteiger charge is 2.09. The van der Waals surface area contributed by atoms with Crippen molar-refractivity contribution in [2.24, 2.45) is 5.10 Å². The van der Waals surface area contributed by atoms with Crippen LogP contribution >= 0.6 is 15.9 Å². The molecule has 1 aromatic rings. The maximum atomic E-state index is 12.0. The molecule has 0 saturated carbocycles. The molecule has 1 rings (SSSR count). The molecule has 8 heteroatoms. The highest BCUT2D eigenvalue weighted by Crippen LogP contribution is 2.32. The summed E-state index contributed by atoms with van der Waals surface area (Å²) >= 11 is 3.16. The number of nitriles is 2. The first-order valence-corrected chi connectivity index (χ1v) is 5.71. The predicted octanol–water partition coefficient (Wildman–Crippen LogP) is 2.91. The van der Waals surface area contributed by atoms with Gasteiger partial charge in [-0.15, -0.1) is 0 Å². The van der Waals surface area contributed by atoms with Gasteiger partial charge in [0.15, 0.2) is 0 Å². The summed E-state index contributed by atoms with van der Waals surface area (Å²) in [7, 11) is 0. The Morgan fingerprint density at radius 1 is 1.42 bits per heavy atom. The number of ether oxygens (including phenoxy) is 1. The van der Waals surface area contributed by atoms with Crippen LogP contribution < -0.4 is 10.2 Å². The minimum atomic E-state index is -2.58. The molecule has 0 spiro atoms. The standard InChI is InChI=1S/C11H7BrF2N4O/c12-11-8(18-17-7(4-15)5-16)2-1-3-9(11)19-6-10(13)14/h1-3,10,18H,6H2. The molecule has 1 N–H and O–H groups in total. The Bertz CT molecular complexity index is 547. The number of alkyl halides is 2. The van der Waals surface area contributed by atoms with E-state index in [0.29, 0.717) is 10.2 Å². The van der Waals surface area contributed by atoms with Crippen LogP contribution in [0.25, 0.3) is 0 Å². The Morgan fingerprint density at radius 3 is 2.68 bits per heavy atom. The van der Waals surface area contributed by atoms with E-state index >= 15 is 0 Å². The lowest BCUT2D eigenvalue weighted by Crippen LogP contribution is -2.07. The van der Waals surface area contributed by atoms with Crippen molar-refractivity contribution >= 4 is 27.3 Å². The van der Waals surface area contributed by atoms with Gasteiger partial charge in [-0.25, -0.2) is 8.78 Å². The maximum absolute atomic E-state index is 12.0. The Kier molecular flexibility index (Phi) is 5.71. The van der Waals surface area contributed by atoms with E-state index in [1.54, 1.807) is 24.3 Å². The Hall–Kier alpha value is -2.19. The second-order valence-corrected chi connectivity index (χ2v) is 3.91. The van der Waals surface area contributed by atoms with Crippen molar-refractivity contribution in [2.45, 2.75) is 6.43 Å². The van der Waals surface area contributed by atoms with Gasteiger partial charge < -0.3 is 4.74 Å². The normalized spacial score (nSPS) is 9.37. The number of nitrogens with one attached hydrogen (secondary N) is 1. The van der Waals surface area contributed by atoms with Crippen LogP contribution in [0, 0.1) is 22.7 Å². The highest BCUT2D eigenvalue weighted by molar-refractivity contribution is 9.10. The lowest BCUT2D eigenvalue weighted by atomic mass is 10.3. The molecule has 19 heavy (non-hydrogen) atoms. The summed E-state index contributed by atoms with van der Waals surface area (Å²) in [5.41, 5.74) is 2.50. The first kappa shape index (κ1) is 14.9. The summed E-state index contributed by atoms with van der Waals surface area (Å²) < 4.78 is 29.3. The van der Waals surface area contributed by atoms with Crippen molar-refractivity contribution in [3.8, 4) is 17.9 Å². The summed E-state index contributed by atoms with van der Waals surface area (Å²) in [4.78, 5) is 0. The van der Waals surface area contributed by atoms with Crippen LogP contribution in [0.1, 0.15) is 0 Å². The van der Waals surface area contributed by atoms with Crippen molar-refractivity contribution in [3.63, 3.8) is 0 Å². The number of hydrogen-bond acceptors (Lipinski definition) is 5. The van der Waals surface area contributed by atoms with Gasteiger partial charge in [0, 0.05) is 0 Å². The van der Waals surface area contributed by atoms with Crippen molar-refractivity contribution in [2.75, 3.05) is 12.0 Å². The molecule has 0 aliphatic heterocycles. The zero-order chi connectivity index (χ0) is 14.3. The SMILES string of the molecule is N#CC(C#N)=NNc1cccc(OCC(F)F)c1Br. The van der Waals surface area contributed by atoms with Gasteiger partial charge in [0.2, 0.25) is 5.71 Å². The number of hydrazone groups is 1. The quantitative estimate of drug-likeness (QED) is 0.665. The van der Waals surface area contributed by atoms with Gasteiger partial charge >= 0.3 is 0 Å². The van der Waals surface area contributed by atoms with Crippen LogP contribution in [-0.2, 0) is 0 Å². The first-order valence-electron chi connectivity index (χ1n) is 4.91. The molecule has 0 saturated heterocycles. The molecule has 0 aromatic heterocycles. The Morgan fingerprint density at radius 2 is 2.11 bits per heavy atom. The molecule has 98 valence electrons. The van der Waals surface area contributed by atoms with Gasteiger partial charge in [-0.2, -0.15) is 15.6 Å². The fourth-order valence-electron chi connectivity index (χ4n) is 1.05. The van der Waals surface area contributed by atoms with Gasteiger partial charge in [0.05, 0.1) is 10.2 Å². The molecular weight excluding hydrogens is 322 g/mol. The van der Waals surface area contributed by atoms with Gasteiger partial charge in [-0.05, 0) is 28.1 Å². The monoisotopic (exact) mass is 328 g/mol. The number of benzene rings is 1. The largest absolute Gasteiger partial charge is 0.486 e. The fraction of sp³-hybridized carbons (Fsp3) is 0.182. The Balaban J connectivity index is 2.87. The van der Waals surface area contributed by atoms with Crippen LogP contribution in [0.5, 0.6) is 5.75 Å². The molecule has 0 aliphatic rings. The highest BCUT2D eigenvalue weighted by atomic mass is 79.9. The number of rotatable bonds is 5. The van der Waals surface area contributed by atoms with Gasteiger partial charge in [0.1, 0.15) is 24.5 Å². The zero-order valence-corrected chi connectivity index (χ0v) is 11.0. The van der Waals surface area contributed by atoms with Crippen molar-refractivity contribution in [1.29, 1.82) is 10.5 Å². The molecule has 0 unspecified atom stereocenters. The molecule has 0 fully saturated rings. The summed E-state index contributed by atoms with van der Waals surface area (Å²) in [5, 5.41) is 20.6. The van der Waals surface area contributed by atoms with E-state index in [-0.39, 0.29) is 11.5 Å². The van der Waals surface area contributed by atoms with E-state index in [0.717, 1.165) is 0 Å². The first-order chi connectivity index (χ1) is 9.08. The summed E-state index contributed by atoms with van der Waals surface area (Å²) in [5.74, 6) is 0.205. The fourth-order valence-corrected chi connectivity index (χ4v) is 1.52. The lowest BCUT2D eigenvalue weighted by molar-refractivity contribution is 0.0815. The third-order valence-electron chi connectivity index (χ3n) is 1.83.